The molecule has 0 saturated heterocycles. The molecule has 6 nitrogen and oxygen atoms in total. The standard InChI is InChI=1S/C21H24N4O2/c1-21(2,3)25-14-18(13-23-25)24-19(26)10-11-22-20(27)17-9-8-15-6-4-5-7-16(15)12-17/h4-9,12-14H,10-11H2,1-3H3,(H,22,27)(H,24,26). The van der Waals surface area contributed by atoms with E-state index in [0.717, 1.165) is 10.8 Å². The van der Waals surface area contributed by atoms with E-state index >= 15 is 0 Å². The summed E-state index contributed by atoms with van der Waals surface area (Å²) >= 11 is 0. The Hall–Kier alpha value is -3.15. The van der Waals surface area contributed by atoms with Crippen molar-refractivity contribution in [2.24, 2.45) is 0 Å². The van der Waals surface area contributed by atoms with Crippen LogP contribution in [0.2, 0.25) is 0 Å². The molecule has 140 valence electrons. The molecular formula is C21H24N4O2. The first-order valence-electron chi connectivity index (χ1n) is 8.95. The lowest BCUT2D eigenvalue weighted by Gasteiger charge is -2.18. The number of amides is 2. The number of hydrogen-bond acceptors (Lipinski definition) is 3. The van der Waals surface area contributed by atoms with E-state index in [0.29, 0.717) is 11.3 Å². The molecule has 0 aliphatic carbocycles. The smallest absolute Gasteiger partial charge is 0.251 e. The molecule has 0 saturated carbocycles. The van der Waals surface area contributed by atoms with Crippen molar-refractivity contribution >= 4 is 28.3 Å². The van der Waals surface area contributed by atoms with Crippen molar-refractivity contribution < 1.29 is 9.59 Å². The van der Waals surface area contributed by atoms with E-state index in [-0.39, 0.29) is 30.3 Å². The minimum absolute atomic E-state index is 0.142. The number of aromatic nitrogens is 2. The first-order valence-corrected chi connectivity index (χ1v) is 8.95. The van der Waals surface area contributed by atoms with E-state index < -0.39 is 0 Å². The highest BCUT2D eigenvalue weighted by Crippen LogP contribution is 2.16. The van der Waals surface area contributed by atoms with Gasteiger partial charge in [0.05, 0.1) is 17.4 Å². The predicted molar refractivity (Wildman–Crippen MR) is 107 cm³/mol. The molecule has 0 unspecified atom stereocenters. The van der Waals surface area contributed by atoms with Gasteiger partial charge in [0.2, 0.25) is 5.91 Å². The lowest BCUT2D eigenvalue weighted by Crippen LogP contribution is -2.27. The normalized spacial score (nSPS) is 11.4. The monoisotopic (exact) mass is 364 g/mol. The number of carbonyl (C=O) groups is 2. The third-order valence-electron chi connectivity index (χ3n) is 4.20. The molecule has 0 bridgehead atoms. The van der Waals surface area contributed by atoms with Crippen molar-refractivity contribution in [3.8, 4) is 0 Å². The Morgan fingerprint density at radius 3 is 2.52 bits per heavy atom. The number of fused-ring (bicyclic) bond motifs is 1. The Balaban J connectivity index is 1.50. The molecule has 2 amide bonds. The van der Waals surface area contributed by atoms with Crippen LogP contribution in [-0.4, -0.2) is 28.1 Å². The SMILES string of the molecule is CC(C)(C)n1cc(NC(=O)CCNC(=O)c2ccc3ccccc3c2)cn1. The Bertz CT molecular complexity index is 969. The van der Waals surface area contributed by atoms with Crippen molar-refractivity contribution in [1.29, 1.82) is 0 Å². The molecule has 0 aliphatic rings. The zero-order chi connectivity index (χ0) is 19.4. The number of rotatable bonds is 5. The van der Waals surface area contributed by atoms with Crippen LogP contribution in [-0.2, 0) is 10.3 Å². The fraction of sp³-hybridized carbons (Fsp3) is 0.286. The van der Waals surface area contributed by atoms with E-state index in [1.54, 1.807) is 23.1 Å². The zero-order valence-corrected chi connectivity index (χ0v) is 15.8. The van der Waals surface area contributed by atoms with Crippen molar-refractivity contribution in [2.75, 3.05) is 11.9 Å². The summed E-state index contributed by atoms with van der Waals surface area (Å²) in [6.45, 7) is 6.38. The van der Waals surface area contributed by atoms with E-state index in [1.807, 2.05) is 57.2 Å². The summed E-state index contributed by atoms with van der Waals surface area (Å²) in [6.07, 6.45) is 3.61. The first kappa shape index (κ1) is 18.6. The molecule has 2 N–H and O–H groups in total. The molecule has 1 heterocycles. The summed E-state index contributed by atoms with van der Waals surface area (Å²) in [5.74, 6) is -0.351. The van der Waals surface area contributed by atoms with Gasteiger partial charge < -0.3 is 10.6 Å². The molecule has 3 aromatic rings. The summed E-state index contributed by atoms with van der Waals surface area (Å²) < 4.78 is 1.80. The van der Waals surface area contributed by atoms with E-state index in [9.17, 15) is 9.59 Å². The fourth-order valence-electron chi connectivity index (χ4n) is 2.70. The second kappa shape index (κ2) is 7.61. The molecule has 1 aromatic heterocycles. The number of anilines is 1. The first-order chi connectivity index (χ1) is 12.8. The molecule has 0 spiro atoms. The molecule has 2 aromatic carbocycles. The minimum atomic E-state index is -0.186. The van der Waals surface area contributed by atoms with Gasteiger partial charge in [0.1, 0.15) is 0 Å². The van der Waals surface area contributed by atoms with Crippen molar-refractivity contribution in [1.82, 2.24) is 15.1 Å². The molecule has 27 heavy (non-hydrogen) atoms. The van der Waals surface area contributed by atoms with E-state index in [2.05, 4.69) is 15.7 Å². The highest BCUT2D eigenvalue weighted by atomic mass is 16.2. The summed E-state index contributed by atoms with van der Waals surface area (Å²) in [7, 11) is 0. The van der Waals surface area contributed by atoms with Crippen LogP contribution in [0.5, 0.6) is 0 Å². The molecule has 6 heteroatoms. The van der Waals surface area contributed by atoms with Crippen molar-refractivity contribution in [2.45, 2.75) is 32.7 Å². The van der Waals surface area contributed by atoms with Crippen LogP contribution in [0, 0.1) is 0 Å². The predicted octanol–water partition coefficient (Wildman–Crippen LogP) is 3.55. The zero-order valence-electron chi connectivity index (χ0n) is 15.8. The van der Waals surface area contributed by atoms with Gasteiger partial charge in [0.25, 0.3) is 5.91 Å². The summed E-state index contributed by atoms with van der Waals surface area (Å²) in [4.78, 5) is 24.4. The van der Waals surface area contributed by atoms with Gasteiger partial charge in [-0.25, -0.2) is 0 Å². The average Bonchev–Trinajstić information content (AvgIpc) is 3.10. The molecule has 3 rings (SSSR count). The quantitative estimate of drug-likeness (QED) is 0.727. The van der Waals surface area contributed by atoms with Crippen LogP contribution < -0.4 is 10.6 Å². The van der Waals surface area contributed by atoms with Gasteiger partial charge >= 0.3 is 0 Å². The summed E-state index contributed by atoms with van der Waals surface area (Å²) in [6, 6.07) is 13.4. The van der Waals surface area contributed by atoms with Gasteiger partial charge in [-0.2, -0.15) is 5.10 Å². The number of hydrogen-bond donors (Lipinski definition) is 2. The highest BCUT2D eigenvalue weighted by molar-refractivity contribution is 5.99. The Morgan fingerprint density at radius 2 is 1.81 bits per heavy atom. The largest absolute Gasteiger partial charge is 0.352 e. The third-order valence-corrected chi connectivity index (χ3v) is 4.20. The third kappa shape index (κ3) is 4.73. The topological polar surface area (TPSA) is 76.0 Å². The lowest BCUT2D eigenvalue weighted by atomic mass is 10.1. The second-order valence-electron chi connectivity index (χ2n) is 7.46. The maximum absolute atomic E-state index is 12.3. The molecule has 0 atom stereocenters. The van der Waals surface area contributed by atoms with Crippen LogP contribution in [0.4, 0.5) is 5.69 Å². The molecular weight excluding hydrogens is 340 g/mol. The maximum atomic E-state index is 12.3. The lowest BCUT2D eigenvalue weighted by molar-refractivity contribution is -0.116. The number of carbonyl (C=O) groups excluding carboxylic acids is 2. The minimum Gasteiger partial charge on any atom is -0.352 e. The summed E-state index contributed by atoms with van der Waals surface area (Å²) in [5, 5.41) is 11.9. The van der Waals surface area contributed by atoms with Gasteiger partial charge in [0, 0.05) is 24.7 Å². The number of nitrogens with one attached hydrogen (secondary N) is 2. The van der Waals surface area contributed by atoms with Crippen LogP contribution in [0.15, 0.2) is 54.9 Å². The molecule has 0 aliphatic heterocycles. The van der Waals surface area contributed by atoms with Crippen LogP contribution in [0.3, 0.4) is 0 Å². The van der Waals surface area contributed by atoms with Crippen LogP contribution in [0.1, 0.15) is 37.6 Å². The molecule has 0 fully saturated rings. The Morgan fingerprint density at radius 1 is 1.07 bits per heavy atom. The van der Waals surface area contributed by atoms with Crippen molar-refractivity contribution in [3.63, 3.8) is 0 Å². The van der Waals surface area contributed by atoms with Crippen LogP contribution in [0.25, 0.3) is 10.8 Å². The summed E-state index contributed by atoms with van der Waals surface area (Å²) in [5.41, 5.74) is 1.09. The highest BCUT2D eigenvalue weighted by Gasteiger charge is 2.15. The van der Waals surface area contributed by atoms with E-state index in [1.165, 1.54) is 0 Å². The fourth-order valence-corrected chi connectivity index (χ4v) is 2.70. The van der Waals surface area contributed by atoms with Gasteiger partial charge in [0.15, 0.2) is 0 Å². The van der Waals surface area contributed by atoms with Gasteiger partial charge in [-0.05, 0) is 43.7 Å². The number of nitrogens with zero attached hydrogens (tertiary/aromatic N) is 2. The maximum Gasteiger partial charge on any atom is 0.251 e. The average molecular weight is 364 g/mol. The van der Waals surface area contributed by atoms with Crippen molar-refractivity contribution in [3.05, 3.63) is 60.4 Å². The van der Waals surface area contributed by atoms with Crippen LogP contribution >= 0.6 is 0 Å². The second-order valence-corrected chi connectivity index (χ2v) is 7.46. The van der Waals surface area contributed by atoms with Gasteiger partial charge in [-0.1, -0.05) is 30.3 Å². The van der Waals surface area contributed by atoms with Gasteiger partial charge in [-0.3, -0.25) is 14.3 Å². The molecule has 0 radical (unpaired) electrons. The Labute approximate surface area is 158 Å². The van der Waals surface area contributed by atoms with Gasteiger partial charge in [-0.15, -0.1) is 0 Å². The van der Waals surface area contributed by atoms with E-state index in [4.69, 9.17) is 0 Å². The Kier molecular flexibility index (Phi) is 5.26. The number of benzene rings is 2.